The molecule has 3 aromatic carbocycles. The van der Waals surface area contributed by atoms with Gasteiger partial charge >= 0.3 is 0 Å². The first-order valence-electron chi connectivity index (χ1n) is 8.82. The third-order valence-corrected chi connectivity index (χ3v) is 5.17. The van der Waals surface area contributed by atoms with Gasteiger partial charge in [-0.05, 0) is 48.9 Å². The van der Waals surface area contributed by atoms with E-state index < -0.39 is 0 Å². The zero-order chi connectivity index (χ0) is 20.5. The molecule has 0 N–H and O–H groups in total. The van der Waals surface area contributed by atoms with Gasteiger partial charge in [0.15, 0.2) is 0 Å². The Labute approximate surface area is 176 Å². The molecule has 146 valence electrons. The molecule has 6 heteroatoms. The summed E-state index contributed by atoms with van der Waals surface area (Å²) >= 11 is 12.1. The van der Waals surface area contributed by atoms with E-state index in [-0.39, 0.29) is 17.9 Å². The molecule has 0 radical (unpaired) electrons. The van der Waals surface area contributed by atoms with Crippen molar-refractivity contribution in [1.29, 1.82) is 0 Å². The van der Waals surface area contributed by atoms with Crippen LogP contribution < -0.4 is 10.2 Å². The minimum absolute atomic E-state index is 0.178. The quantitative estimate of drug-likeness (QED) is 0.359. The molecule has 3 nitrogen and oxygen atoms in total. The molecule has 0 atom stereocenters. The first-order valence-corrected chi connectivity index (χ1v) is 9.58. The number of ether oxygens (including phenoxy) is 1. The van der Waals surface area contributed by atoms with Crippen molar-refractivity contribution >= 4 is 34.2 Å². The van der Waals surface area contributed by atoms with Crippen LogP contribution >= 0.6 is 23.2 Å². The second-order valence-corrected chi connectivity index (χ2v) is 7.40. The van der Waals surface area contributed by atoms with Crippen molar-refractivity contribution in [2.45, 2.75) is 13.5 Å². The summed E-state index contributed by atoms with van der Waals surface area (Å²) in [6, 6.07) is 16.0. The topological polar surface area (TPSA) is 39.4 Å². The summed E-state index contributed by atoms with van der Waals surface area (Å²) in [7, 11) is 0. The van der Waals surface area contributed by atoms with Crippen molar-refractivity contribution in [1.82, 2.24) is 0 Å². The van der Waals surface area contributed by atoms with Gasteiger partial charge in [0.1, 0.15) is 29.5 Å². The van der Waals surface area contributed by atoms with E-state index >= 15 is 0 Å². The lowest BCUT2D eigenvalue weighted by Gasteiger charge is -2.10. The molecule has 1 aromatic heterocycles. The minimum atomic E-state index is -0.362. The molecule has 0 saturated carbocycles. The normalized spacial score (nSPS) is 11.0. The molecular weight excluding hydrogens is 414 g/mol. The molecule has 1 heterocycles. The molecule has 4 rings (SSSR count). The van der Waals surface area contributed by atoms with E-state index in [0.717, 1.165) is 5.56 Å². The Morgan fingerprint density at radius 2 is 1.76 bits per heavy atom. The summed E-state index contributed by atoms with van der Waals surface area (Å²) in [6.45, 7) is 1.96. The van der Waals surface area contributed by atoms with Crippen molar-refractivity contribution < 1.29 is 13.5 Å². The van der Waals surface area contributed by atoms with Gasteiger partial charge < -0.3 is 9.15 Å². The van der Waals surface area contributed by atoms with Crippen molar-refractivity contribution in [3.8, 4) is 16.9 Å². The lowest BCUT2D eigenvalue weighted by molar-refractivity contribution is 0.306. The number of hydrogen-bond acceptors (Lipinski definition) is 3. The van der Waals surface area contributed by atoms with Crippen LogP contribution in [0.15, 0.2) is 69.9 Å². The molecule has 0 amide bonds. The van der Waals surface area contributed by atoms with E-state index in [9.17, 15) is 9.18 Å². The molecule has 0 spiro atoms. The highest BCUT2D eigenvalue weighted by molar-refractivity contribution is 6.35. The zero-order valence-electron chi connectivity index (χ0n) is 15.3. The second kappa shape index (κ2) is 7.90. The largest absolute Gasteiger partial charge is 0.489 e. The predicted octanol–water partition coefficient (Wildman–Crippen LogP) is 6.79. The summed E-state index contributed by atoms with van der Waals surface area (Å²) in [5, 5.41) is 1.50. The van der Waals surface area contributed by atoms with Gasteiger partial charge in [-0.1, -0.05) is 41.4 Å². The van der Waals surface area contributed by atoms with Crippen LogP contribution in [0.2, 0.25) is 10.0 Å². The molecule has 4 aromatic rings. The molecule has 0 saturated heterocycles. The average molecular weight is 429 g/mol. The minimum Gasteiger partial charge on any atom is -0.489 e. The van der Waals surface area contributed by atoms with E-state index in [0.29, 0.717) is 43.7 Å². The fraction of sp³-hybridized carbons (Fsp3) is 0.0870. The van der Waals surface area contributed by atoms with Crippen LogP contribution in [0.1, 0.15) is 11.3 Å². The standard InChI is InChI=1S/C23H15Cl2FO3/c1-13-22(14-3-6-17(26)7-4-14)23(27)19-9-8-18(11-21(19)29-13)28-12-15-2-5-16(24)10-20(15)25/h2-11H,12H2,1H3. The van der Waals surface area contributed by atoms with E-state index in [1.165, 1.54) is 12.1 Å². The number of fused-ring (bicyclic) bond motifs is 1. The molecule has 0 bridgehead atoms. The number of aryl methyl sites for hydroxylation is 1. The van der Waals surface area contributed by atoms with Gasteiger partial charge in [0, 0.05) is 21.7 Å². The van der Waals surface area contributed by atoms with Crippen molar-refractivity contribution in [3.05, 3.63) is 98.1 Å². The van der Waals surface area contributed by atoms with Crippen molar-refractivity contribution in [2.75, 3.05) is 0 Å². The fourth-order valence-electron chi connectivity index (χ4n) is 3.13. The first kappa shape index (κ1) is 19.5. The van der Waals surface area contributed by atoms with Crippen LogP contribution in [0.4, 0.5) is 4.39 Å². The summed E-state index contributed by atoms with van der Waals surface area (Å²) in [5.41, 5.74) is 2.05. The Balaban J connectivity index is 1.67. The number of hydrogen-bond donors (Lipinski definition) is 0. The fourth-order valence-corrected chi connectivity index (χ4v) is 3.59. The number of halogens is 3. The maximum atomic E-state index is 13.2. The monoisotopic (exact) mass is 428 g/mol. The predicted molar refractivity (Wildman–Crippen MR) is 113 cm³/mol. The van der Waals surface area contributed by atoms with Crippen LogP contribution in [-0.2, 0) is 6.61 Å². The van der Waals surface area contributed by atoms with Gasteiger partial charge in [-0.2, -0.15) is 0 Å². The molecule has 0 unspecified atom stereocenters. The summed E-state index contributed by atoms with van der Waals surface area (Å²) in [6.07, 6.45) is 0. The summed E-state index contributed by atoms with van der Waals surface area (Å²) in [4.78, 5) is 13.0. The van der Waals surface area contributed by atoms with Crippen LogP contribution in [0.25, 0.3) is 22.1 Å². The summed E-state index contributed by atoms with van der Waals surface area (Å²) in [5.74, 6) is 0.631. The smallest absolute Gasteiger partial charge is 0.200 e. The molecular formula is C23H15Cl2FO3. The SMILES string of the molecule is Cc1oc2cc(OCc3ccc(Cl)cc3Cl)ccc2c(=O)c1-c1ccc(F)cc1. The van der Waals surface area contributed by atoms with Crippen molar-refractivity contribution in [2.24, 2.45) is 0 Å². The van der Waals surface area contributed by atoms with Crippen LogP contribution in [-0.4, -0.2) is 0 Å². The Kier molecular flexibility index (Phi) is 5.31. The van der Waals surface area contributed by atoms with Gasteiger partial charge in [0.05, 0.1) is 10.9 Å². The average Bonchev–Trinajstić information content (AvgIpc) is 2.68. The Morgan fingerprint density at radius 1 is 1.00 bits per heavy atom. The van der Waals surface area contributed by atoms with Gasteiger partial charge in [-0.25, -0.2) is 4.39 Å². The maximum Gasteiger partial charge on any atom is 0.200 e. The number of benzene rings is 3. The Morgan fingerprint density at radius 3 is 2.48 bits per heavy atom. The third kappa shape index (κ3) is 4.00. The number of rotatable bonds is 4. The zero-order valence-corrected chi connectivity index (χ0v) is 16.9. The summed E-state index contributed by atoms with van der Waals surface area (Å²) < 4.78 is 24.9. The van der Waals surface area contributed by atoms with E-state index in [2.05, 4.69) is 0 Å². The molecule has 0 aliphatic carbocycles. The van der Waals surface area contributed by atoms with Crippen LogP contribution in [0.3, 0.4) is 0 Å². The van der Waals surface area contributed by atoms with Gasteiger partial charge in [0.2, 0.25) is 5.43 Å². The van der Waals surface area contributed by atoms with Crippen LogP contribution in [0, 0.1) is 12.7 Å². The highest BCUT2D eigenvalue weighted by Crippen LogP contribution is 2.28. The molecule has 0 aliphatic heterocycles. The lowest BCUT2D eigenvalue weighted by Crippen LogP contribution is -2.07. The van der Waals surface area contributed by atoms with E-state index in [4.69, 9.17) is 32.4 Å². The highest BCUT2D eigenvalue weighted by atomic mass is 35.5. The Hall–Kier alpha value is -2.82. The van der Waals surface area contributed by atoms with Gasteiger partial charge in [-0.3, -0.25) is 4.79 Å². The molecule has 0 fully saturated rings. The molecule has 0 aliphatic rings. The van der Waals surface area contributed by atoms with E-state index in [1.807, 2.05) is 0 Å². The lowest BCUT2D eigenvalue weighted by atomic mass is 10.0. The highest BCUT2D eigenvalue weighted by Gasteiger charge is 2.14. The Bertz CT molecular complexity index is 1260. The molecule has 29 heavy (non-hydrogen) atoms. The van der Waals surface area contributed by atoms with Gasteiger partial charge in [0.25, 0.3) is 0 Å². The van der Waals surface area contributed by atoms with Crippen molar-refractivity contribution in [3.63, 3.8) is 0 Å². The maximum absolute atomic E-state index is 13.2. The first-order chi connectivity index (χ1) is 13.9. The van der Waals surface area contributed by atoms with Gasteiger partial charge in [-0.15, -0.1) is 0 Å². The third-order valence-electron chi connectivity index (χ3n) is 4.58. The second-order valence-electron chi connectivity index (χ2n) is 6.55. The van der Waals surface area contributed by atoms with E-state index in [1.54, 1.807) is 55.5 Å². The van der Waals surface area contributed by atoms with Crippen LogP contribution in [0.5, 0.6) is 5.75 Å².